The Bertz CT molecular complexity index is 1730. The summed E-state index contributed by atoms with van der Waals surface area (Å²) in [5.74, 6) is -0.545. The first-order chi connectivity index (χ1) is 21.3. The number of fused-ring (bicyclic) bond motifs is 1. The fraction of sp³-hybridized carbons (Fsp3) is 0.375. The molecule has 6 rings (SSSR count). The van der Waals surface area contributed by atoms with Gasteiger partial charge in [-0.1, -0.05) is 19.1 Å². The zero-order valence-corrected chi connectivity index (χ0v) is 24.2. The van der Waals surface area contributed by atoms with Crippen LogP contribution in [-0.4, -0.2) is 68.9 Å². The molecule has 0 saturated carbocycles. The lowest BCUT2D eigenvalue weighted by Crippen LogP contribution is -2.53. The molecule has 0 aliphatic carbocycles. The quantitative estimate of drug-likeness (QED) is 0.275. The van der Waals surface area contributed by atoms with E-state index in [1.807, 2.05) is 22.8 Å². The number of rotatable bonds is 10. The van der Waals surface area contributed by atoms with Crippen molar-refractivity contribution >= 4 is 22.8 Å². The Labute approximate surface area is 253 Å². The normalized spacial score (nSPS) is 18.6. The number of carboxylic acid groups (broad SMARTS) is 1. The van der Waals surface area contributed by atoms with Gasteiger partial charge in [0.05, 0.1) is 41.9 Å². The van der Waals surface area contributed by atoms with Gasteiger partial charge < -0.3 is 24.0 Å². The third-order valence-electron chi connectivity index (χ3n) is 8.32. The van der Waals surface area contributed by atoms with Crippen LogP contribution in [0.4, 0.5) is 14.6 Å². The molecule has 228 valence electrons. The number of carboxylic acids is 1. The van der Waals surface area contributed by atoms with Crippen LogP contribution in [0.2, 0.25) is 0 Å². The molecule has 0 bridgehead atoms. The van der Waals surface area contributed by atoms with E-state index in [-0.39, 0.29) is 35.4 Å². The summed E-state index contributed by atoms with van der Waals surface area (Å²) < 4.78 is 42.6. The number of imidazole rings is 1. The Morgan fingerprint density at radius 1 is 1.16 bits per heavy atom. The highest BCUT2D eigenvalue weighted by atomic mass is 19.1. The lowest BCUT2D eigenvalue weighted by Gasteiger charge is -2.41. The van der Waals surface area contributed by atoms with Gasteiger partial charge in [0.15, 0.2) is 5.82 Å². The summed E-state index contributed by atoms with van der Waals surface area (Å²) in [6.07, 6.45) is 1.72. The van der Waals surface area contributed by atoms with Gasteiger partial charge in [0.2, 0.25) is 5.88 Å². The second-order valence-corrected chi connectivity index (χ2v) is 11.1. The first kappa shape index (κ1) is 29.5. The van der Waals surface area contributed by atoms with Crippen molar-refractivity contribution in [3.05, 3.63) is 82.7 Å². The minimum Gasteiger partial charge on any atom is -0.478 e. The number of aromatic carboxylic acids is 1. The van der Waals surface area contributed by atoms with Gasteiger partial charge in [-0.2, -0.15) is 10.2 Å². The van der Waals surface area contributed by atoms with Crippen LogP contribution in [0.3, 0.4) is 0 Å². The summed E-state index contributed by atoms with van der Waals surface area (Å²) in [7, 11) is 0. The van der Waals surface area contributed by atoms with Crippen molar-refractivity contribution in [2.75, 3.05) is 31.1 Å². The molecule has 2 fully saturated rings. The Morgan fingerprint density at radius 2 is 2.00 bits per heavy atom. The number of benzene rings is 2. The molecule has 0 radical (unpaired) electrons. The fourth-order valence-electron chi connectivity index (χ4n) is 5.73. The maximum Gasteiger partial charge on any atom is 0.335 e. The monoisotopic (exact) mass is 602 g/mol. The van der Waals surface area contributed by atoms with E-state index >= 15 is 0 Å². The lowest BCUT2D eigenvalue weighted by atomic mass is 10.1. The number of carbonyl (C=O) groups is 1. The first-order valence-electron chi connectivity index (χ1n) is 14.6. The van der Waals surface area contributed by atoms with Crippen LogP contribution in [0.1, 0.15) is 47.1 Å². The molecule has 2 aliphatic heterocycles. The van der Waals surface area contributed by atoms with Crippen molar-refractivity contribution in [3.8, 4) is 11.9 Å². The predicted octanol–water partition coefficient (Wildman–Crippen LogP) is 4.75. The van der Waals surface area contributed by atoms with E-state index in [4.69, 9.17) is 14.7 Å². The molecule has 44 heavy (non-hydrogen) atoms. The molecular formula is C32H32F2N6O4. The number of piperazine rings is 1. The van der Waals surface area contributed by atoms with Gasteiger partial charge in [0, 0.05) is 43.9 Å². The molecular weight excluding hydrogens is 570 g/mol. The number of nitrogens with zero attached hydrogens (tertiary/aromatic N) is 6. The molecule has 2 aliphatic rings. The van der Waals surface area contributed by atoms with Crippen molar-refractivity contribution in [1.82, 2.24) is 19.4 Å². The minimum absolute atomic E-state index is 0.0131. The van der Waals surface area contributed by atoms with E-state index in [9.17, 15) is 18.7 Å². The number of halogens is 2. The molecule has 4 aromatic rings. The summed E-state index contributed by atoms with van der Waals surface area (Å²) in [5.41, 5.74) is 1.10. The van der Waals surface area contributed by atoms with Gasteiger partial charge in [-0.3, -0.25) is 4.90 Å². The number of aromatic nitrogens is 3. The Balaban J connectivity index is 1.17. The lowest BCUT2D eigenvalue weighted by molar-refractivity contribution is -0.0592. The van der Waals surface area contributed by atoms with Crippen molar-refractivity contribution in [2.45, 2.75) is 51.6 Å². The highest BCUT2D eigenvalue weighted by Crippen LogP contribution is 2.28. The van der Waals surface area contributed by atoms with Crippen LogP contribution in [0.25, 0.3) is 11.0 Å². The Hall–Kier alpha value is -4.60. The van der Waals surface area contributed by atoms with Crippen LogP contribution < -0.4 is 9.64 Å². The van der Waals surface area contributed by atoms with Gasteiger partial charge in [-0.25, -0.2) is 18.6 Å². The molecule has 2 aromatic carbocycles. The minimum atomic E-state index is -1.19. The van der Waals surface area contributed by atoms with Crippen molar-refractivity contribution in [3.63, 3.8) is 0 Å². The van der Waals surface area contributed by atoms with Crippen LogP contribution in [0.5, 0.6) is 5.88 Å². The van der Waals surface area contributed by atoms with E-state index in [1.54, 1.807) is 12.1 Å². The molecule has 12 heteroatoms. The molecule has 4 heterocycles. The van der Waals surface area contributed by atoms with E-state index < -0.39 is 17.6 Å². The fourth-order valence-corrected chi connectivity index (χ4v) is 5.73. The molecule has 0 amide bonds. The number of hydrogen-bond donors (Lipinski definition) is 1. The molecule has 2 atom stereocenters. The highest BCUT2D eigenvalue weighted by molar-refractivity contribution is 5.92. The maximum atomic E-state index is 15.0. The average Bonchev–Trinajstić information content (AvgIpc) is 3.35. The molecule has 10 nitrogen and oxygen atoms in total. The second-order valence-electron chi connectivity index (χ2n) is 11.1. The summed E-state index contributed by atoms with van der Waals surface area (Å²) in [4.78, 5) is 25.5. The van der Waals surface area contributed by atoms with Crippen LogP contribution in [-0.2, 0) is 24.4 Å². The number of anilines is 1. The third-order valence-corrected chi connectivity index (χ3v) is 8.32. The van der Waals surface area contributed by atoms with Gasteiger partial charge in [0.1, 0.15) is 29.6 Å². The van der Waals surface area contributed by atoms with Crippen LogP contribution in [0.15, 0.2) is 48.5 Å². The van der Waals surface area contributed by atoms with Crippen molar-refractivity contribution in [1.29, 1.82) is 5.26 Å². The smallest absolute Gasteiger partial charge is 0.335 e. The molecule has 0 unspecified atom stereocenters. The molecule has 0 spiro atoms. The largest absolute Gasteiger partial charge is 0.478 e. The van der Waals surface area contributed by atoms with E-state index in [2.05, 4.69) is 26.7 Å². The maximum absolute atomic E-state index is 15.0. The summed E-state index contributed by atoms with van der Waals surface area (Å²) in [6, 6.07) is 14.3. The average molecular weight is 603 g/mol. The number of pyridine rings is 1. The van der Waals surface area contributed by atoms with E-state index in [0.29, 0.717) is 62.1 Å². The third kappa shape index (κ3) is 6.06. The summed E-state index contributed by atoms with van der Waals surface area (Å²) >= 11 is 0. The first-order valence-corrected chi connectivity index (χ1v) is 14.6. The highest BCUT2D eigenvalue weighted by Gasteiger charge is 2.30. The number of nitriles is 1. The Kier molecular flexibility index (Phi) is 8.41. The van der Waals surface area contributed by atoms with Crippen LogP contribution in [0, 0.1) is 23.0 Å². The zero-order chi connectivity index (χ0) is 30.8. The number of ether oxygens (including phenoxy) is 2. The molecule has 2 aromatic heterocycles. The molecule has 1 N–H and O–H groups in total. The summed E-state index contributed by atoms with van der Waals surface area (Å²) in [6.45, 7) is 5.81. The zero-order valence-electron chi connectivity index (χ0n) is 24.2. The van der Waals surface area contributed by atoms with Gasteiger partial charge in [-0.15, -0.1) is 0 Å². The van der Waals surface area contributed by atoms with Gasteiger partial charge >= 0.3 is 5.97 Å². The van der Waals surface area contributed by atoms with E-state index in [1.165, 1.54) is 18.2 Å². The SMILES string of the molecule is CC[C@H]1CN(c2cccc(OCc3ccc(C#N)cc3F)n2)CCN1Cc1nc2c(F)cc(C(=O)O)cc2n1C[C@@H]1CCO1. The number of hydrogen-bond acceptors (Lipinski definition) is 8. The van der Waals surface area contributed by atoms with Gasteiger partial charge in [-0.05, 0) is 43.2 Å². The molecule has 2 saturated heterocycles. The topological polar surface area (TPSA) is 117 Å². The second kappa shape index (κ2) is 12.6. The van der Waals surface area contributed by atoms with Crippen molar-refractivity contribution < 1.29 is 28.2 Å². The van der Waals surface area contributed by atoms with Crippen LogP contribution >= 0.6 is 0 Å². The standard InChI is InChI=1S/C32H32F2N6O4/c1-2-23-16-39(28-4-3-5-30(36-28)44-19-21-7-6-20(15-35)12-25(21)33)10-9-38(23)18-29-37-31-26(34)13-22(32(41)42)14-27(31)40(29)17-24-8-11-43-24/h3-7,12-14,23-24H,2,8-11,16-19H2,1H3,(H,41,42)/t23-,24-/m0/s1. The predicted molar refractivity (Wildman–Crippen MR) is 157 cm³/mol. The van der Waals surface area contributed by atoms with E-state index in [0.717, 1.165) is 24.7 Å². The van der Waals surface area contributed by atoms with Crippen molar-refractivity contribution in [2.24, 2.45) is 0 Å². The summed E-state index contributed by atoms with van der Waals surface area (Å²) in [5, 5.41) is 18.5. The Morgan fingerprint density at radius 3 is 2.70 bits per heavy atom. The van der Waals surface area contributed by atoms with Gasteiger partial charge in [0.25, 0.3) is 0 Å².